The summed E-state index contributed by atoms with van der Waals surface area (Å²) < 4.78 is 5.65. The van der Waals surface area contributed by atoms with E-state index in [0.717, 1.165) is 56.8 Å². The number of ether oxygens (including phenoxy) is 1. The van der Waals surface area contributed by atoms with Gasteiger partial charge in [0, 0.05) is 58.5 Å². The highest BCUT2D eigenvalue weighted by molar-refractivity contribution is 6.35. The van der Waals surface area contributed by atoms with Crippen LogP contribution < -0.4 is 15.4 Å². The fourth-order valence-corrected chi connectivity index (χ4v) is 4.24. The summed E-state index contributed by atoms with van der Waals surface area (Å²) in [7, 11) is 0. The summed E-state index contributed by atoms with van der Waals surface area (Å²) in [5.74, 6) is 0.527. The van der Waals surface area contributed by atoms with Gasteiger partial charge in [-0.3, -0.25) is 9.78 Å². The van der Waals surface area contributed by atoms with Crippen molar-refractivity contribution in [2.75, 3.05) is 23.8 Å². The second-order valence-electron chi connectivity index (χ2n) is 7.71. The summed E-state index contributed by atoms with van der Waals surface area (Å²) in [6, 6.07) is 9.91. The molecule has 0 unspecified atom stereocenters. The molecule has 2 aliphatic heterocycles. The Hall–Kier alpha value is -4.13. The van der Waals surface area contributed by atoms with Gasteiger partial charge in [0.15, 0.2) is 0 Å². The number of pyridine rings is 2. The molecule has 6 rings (SSSR count). The minimum atomic E-state index is -0.112. The molecule has 3 aromatic heterocycles. The molecule has 0 saturated carbocycles. The van der Waals surface area contributed by atoms with Crippen LogP contribution in [0.5, 0.6) is 5.88 Å². The second kappa shape index (κ2) is 6.70. The van der Waals surface area contributed by atoms with E-state index in [4.69, 9.17) is 4.74 Å². The molecule has 31 heavy (non-hydrogen) atoms. The van der Waals surface area contributed by atoms with Crippen molar-refractivity contribution in [1.29, 1.82) is 0 Å². The van der Waals surface area contributed by atoms with Gasteiger partial charge in [-0.05, 0) is 48.4 Å². The second-order valence-corrected chi connectivity index (χ2v) is 7.71. The molecule has 1 amide bonds. The Kier molecular flexibility index (Phi) is 3.83. The standard InChI is InChI=1S/C24H19N5O2/c1-13-19(12-27-24-22(13)26-6-7-31-24)14-2-3-21-17(9-14)18(23(30)29-21)10-16-8-15-11-25-5-4-20(15)28-16/h2-5,8-12,26,28H,6-7H2,1H3,(H,29,30). The van der Waals surface area contributed by atoms with Crippen molar-refractivity contribution in [3.63, 3.8) is 0 Å². The largest absolute Gasteiger partial charge is 0.474 e. The SMILES string of the molecule is Cc1c(-c2ccc3c(c2)C(=Cc2cc4cnccc4[nH]2)C(=O)N3)cnc2c1NCCO2. The zero-order valence-corrected chi connectivity index (χ0v) is 16.8. The lowest BCUT2D eigenvalue weighted by Crippen LogP contribution is -2.20. The van der Waals surface area contributed by atoms with Crippen molar-refractivity contribution >= 4 is 39.8 Å². The van der Waals surface area contributed by atoms with Crippen LogP contribution in [-0.2, 0) is 4.79 Å². The third-order valence-corrected chi connectivity index (χ3v) is 5.80. The maximum Gasteiger partial charge on any atom is 0.256 e. The number of hydrogen-bond acceptors (Lipinski definition) is 5. The Balaban J connectivity index is 1.45. The van der Waals surface area contributed by atoms with Crippen LogP contribution in [0.2, 0.25) is 0 Å². The molecule has 3 N–H and O–H groups in total. The highest BCUT2D eigenvalue weighted by atomic mass is 16.5. The number of rotatable bonds is 2. The quantitative estimate of drug-likeness (QED) is 0.431. The van der Waals surface area contributed by atoms with Crippen molar-refractivity contribution in [1.82, 2.24) is 15.0 Å². The van der Waals surface area contributed by atoms with Gasteiger partial charge < -0.3 is 20.4 Å². The third kappa shape index (κ3) is 2.85. The Bertz CT molecular complexity index is 1370. The number of nitrogens with one attached hydrogen (secondary N) is 3. The molecule has 2 aliphatic rings. The van der Waals surface area contributed by atoms with Gasteiger partial charge in [-0.2, -0.15) is 0 Å². The number of amides is 1. The van der Waals surface area contributed by atoms with E-state index in [-0.39, 0.29) is 5.91 Å². The average Bonchev–Trinajstić information content (AvgIpc) is 3.34. The van der Waals surface area contributed by atoms with E-state index < -0.39 is 0 Å². The van der Waals surface area contributed by atoms with Gasteiger partial charge in [0.1, 0.15) is 12.3 Å². The normalized spacial score (nSPS) is 15.9. The van der Waals surface area contributed by atoms with Crippen LogP contribution >= 0.6 is 0 Å². The first-order valence-electron chi connectivity index (χ1n) is 10.1. The molecule has 152 valence electrons. The van der Waals surface area contributed by atoms with Crippen molar-refractivity contribution in [2.45, 2.75) is 6.92 Å². The van der Waals surface area contributed by atoms with Crippen molar-refractivity contribution in [3.05, 3.63) is 65.7 Å². The van der Waals surface area contributed by atoms with Crippen LogP contribution in [0.3, 0.4) is 0 Å². The predicted molar refractivity (Wildman–Crippen MR) is 121 cm³/mol. The molecular formula is C24H19N5O2. The van der Waals surface area contributed by atoms with Gasteiger partial charge in [-0.15, -0.1) is 0 Å². The van der Waals surface area contributed by atoms with E-state index in [1.165, 1.54) is 0 Å². The van der Waals surface area contributed by atoms with E-state index in [2.05, 4.69) is 32.5 Å². The molecule has 4 aromatic rings. The van der Waals surface area contributed by atoms with Gasteiger partial charge >= 0.3 is 0 Å². The number of carbonyl (C=O) groups is 1. The van der Waals surface area contributed by atoms with Crippen LogP contribution in [0.25, 0.3) is 33.7 Å². The van der Waals surface area contributed by atoms with E-state index in [9.17, 15) is 4.79 Å². The van der Waals surface area contributed by atoms with Crippen LogP contribution in [0, 0.1) is 6.92 Å². The van der Waals surface area contributed by atoms with Crippen LogP contribution in [0.4, 0.5) is 11.4 Å². The van der Waals surface area contributed by atoms with Gasteiger partial charge in [0.2, 0.25) is 5.88 Å². The molecule has 0 saturated heterocycles. The third-order valence-electron chi connectivity index (χ3n) is 5.80. The first-order valence-corrected chi connectivity index (χ1v) is 10.1. The molecule has 7 heteroatoms. The fraction of sp³-hybridized carbons (Fsp3) is 0.125. The molecule has 0 aliphatic carbocycles. The van der Waals surface area contributed by atoms with E-state index in [0.29, 0.717) is 18.1 Å². The number of fused-ring (bicyclic) bond motifs is 3. The summed E-state index contributed by atoms with van der Waals surface area (Å²) in [5, 5.41) is 7.35. The Morgan fingerprint density at radius 2 is 2.06 bits per heavy atom. The van der Waals surface area contributed by atoms with E-state index in [1.54, 1.807) is 12.4 Å². The number of aromatic amines is 1. The number of H-pyrrole nitrogens is 1. The first kappa shape index (κ1) is 17.7. The summed E-state index contributed by atoms with van der Waals surface area (Å²) in [4.78, 5) is 24.7. The molecule has 0 fully saturated rings. The fourth-order valence-electron chi connectivity index (χ4n) is 4.24. The minimum Gasteiger partial charge on any atom is -0.474 e. The average molecular weight is 409 g/mol. The summed E-state index contributed by atoms with van der Waals surface area (Å²) in [6.45, 7) is 3.43. The van der Waals surface area contributed by atoms with Crippen LogP contribution in [-0.4, -0.2) is 34.0 Å². The number of anilines is 2. The minimum absolute atomic E-state index is 0.112. The predicted octanol–water partition coefficient (Wildman–Crippen LogP) is 4.23. The topological polar surface area (TPSA) is 91.9 Å². The molecule has 0 spiro atoms. The van der Waals surface area contributed by atoms with E-state index >= 15 is 0 Å². The molecular weight excluding hydrogens is 390 g/mol. The molecule has 1 aromatic carbocycles. The van der Waals surface area contributed by atoms with Crippen molar-refractivity contribution in [2.24, 2.45) is 0 Å². The molecule has 0 atom stereocenters. The Morgan fingerprint density at radius 3 is 2.97 bits per heavy atom. The lowest BCUT2D eigenvalue weighted by Gasteiger charge is -2.21. The number of hydrogen-bond donors (Lipinski definition) is 3. The number of aromatic nitrogens is 3. The molecule has 5 heterocycles. The smallest absolute Gasteiger partial charge is 0.256 e. The summed E-state index contributed by atoms with van der Waals surface area (Å²) >= 11 is 0. The number of nitrogens with zero attached hydrogens (tertiary/aromatic N) is 2. The summed E-state index contributed by atoms with van der Waals surface area (Å²) in [6.07, 6.45) is 7.27. The maximum absolute atomic E-state index is 12.7. The molecule has 0 radical (unpaired) electrons. The van der Waals surface area contributed by atoms with Gasteiger partial charge in [-0.25, -0.2) is 4.98 Å². The Labute approximate surface area is 178 Å². The van der Waals surface area contributed by atoms with Gasteiger partial charge in [0.25, 0.3) is 5.91 Å². The number of carbonyl (C=O) groups excluding carboxylic acids is 1. The lowest BCUT2D eigenvalue weighted by atomic mass is 9.96. The zero-order chi connectivity index (χ0) is 20.9. The van der Waals surface area contributed by atoms with Gasteiger partial charge in [0.05, 0.1) is 5.57 Å². The maximum atomic E-state index is 12.7. The highest BCUT2D eigenvalue weighted by Gasteiger charge is 2.25. The first-order chi connectivity index (χ1) is 15.2. The Morgan fingerprint density at radius 1 is 1.13 bits per heavy atom. The molecule has 7 nitrogen and oxygen atoms in total. The lowest BCUT2D eigenvalue weighted by molar-refractivity contribution is -0.110. The van der Waals surface area contributed by atoms with Crippen LogP contribution in [0.1, 0.15) is 16.8 Å². The highest BCUT2D eigenvalue weighted by Crippen LogP contribution is 2.39. The summed E-state index contributed by atoms with van der Waals surface area (Å²) in [5.41, 5.74) is 8.18. The van der Waals surface area contributed by atoms with Crippen molar-refractivity contribution < 1.29 is 9.53 Å². The van der Waals surface area contributed by atoms with Crippen LogP contribution in [0.15, 0.2) is 48.9 Å². The zero-order valence-electron chi connectivity index (χ0n) is 16.8. The number of benzene rings is 1. The molecule has 0 bridgehead atoms. The van der Waals surface area contributed by atoms with Gasteiger partial charge in [-0.1, -0.05) is 6.07 Å². The van der Waals surface area contributed by atoms with Crippen molar-refractivity contribution in [3.8, 4) is 17.0 Å². The monoisotopic (exact) mass is 409 g/mol. The van der Waals surface area contributed by atoms with E-state index in [1.807, 2.05) is 42.6 Å².